The Labute approximate surface area is 204 Å². The summed E-state index contributed by atoms with van der Waals surface area (Å²) in [5, 5.41) is 28.7. The minimum atomic E-state index is -0.831. The van der Waals surface area contributed by atoms with Crippen LogP contribution in [0.3, 0.4) is 0 Å². The molecule has 0 aromatic rings. The number of rotatable bonds is 7. The van der Waals surface area contributed by atoms with Gasteiger partial charge in [0.25, 0.3) is 0 Å². The zero-order valence-electron chi connectivity index (χ0n) is 20.7. The molecule has 9 atom stereocenters. The highest BCUT2D eigenvalue weighted by Crippen LogP contribution is 2.39. The molecule has 34 heavy (non-hydrogen) atoms. The van der Waals surface area contributed by atoms with Crippen LogP contribution in [-0.4, -0.2) is 78.8 Å². The number of hydrogen-bond acceptors (Lipinski definition) is 7. The van der Waals surface area contributed by atoms with Gasteiger partial charge in [0, 0.05) is 38.1 Å². The Hall–Kier alpha value is -0.570. The summed E-state index contributed by atoms with van der Waals surface area (Å²) in [6.45, 7) is 3.16. The first kappa shape index (κ1) is 25.1. The summed E-state index contributed by atoms with van der Waals surface area (Å²) in [4.78, 5) is 13.8. The maximum atomic E-state index is 13.8. The summed E-state index contributed by atoms with van der Waals surface area (Å²) in [5.41, 5.74) is 0. The standard InChI is InChI=1S/C27H46N2O5/c30-20-11-24(31)26(25(12-20)34-15-17-5-2-1-3-6-17)27(32)23-13-21-18(14-28-23)7-4-8-22(21)29-19-9-10-33-16-19/h17-26,28-31H,1-16H2. The second-order valence-corrected chi connectivity index (χ2v) is 11.9. The molecule has 7 nitrogen and oxygen atoms in total. The lowest BCUT2D eigenvalue weighted by Crippen LogP contribution is -2.59. The molecule has 2 aliphatic heterocycles. The summed E-state index contributed by atoms with van der Waals surface area (Å²) in [6.07, 6.45) is 10.6. The molecule has 0 radical (unpaired) electrons. The first-order chi connectivity index (χ1) is 16.6. The minimum absolute atomic E-state index is 0.0972. The van der Waals surface area contributed by atoms with Crippen LogP contribution in [0.4, 0.5) is 0 Å². The van der Waals surface area contributed by atoms with Gasteiger partial charge in [-0.1, -0.05) is 25.7 Å². The Morgan fingerprint density at radius 3 is 2.65 bits per heavy atom. The van der Waals surface area contributed by atoms with E-state index in [2.05, 4.69) is 10.6 Å². The number of piperidine rings is 1. The number of ether oxygens (including phenoxy) is 2. The van der Waals surface area contributed by atoms with E-state index in [1.165, 1.54) is 51.4 Å². The van der Waals surface area contributed by atoms with Crippen molar-refractivity contribution in [3.63, 3.8) is 0 Å². The van der Waals surface area contributed by atoms with E-state index in [1.54, 1.807) is 0 Å². The lowest BCUT2D eigenvalue weighted by atomic mass is 9.68. The number of ketones is 1. The predicted molar refractivity (Wildman–Crippen MR) is 129 cm³/mol. The van der Waals surface area contributed by atoms with Crippen molar-refractivity contribution in [2.24, 2.45) is 23.7 Å². The maximum absolute atomic E-state index is 13.8. The highest BCUT2D eigenvalue weighted by atomic mass is 16.5. The monoisotopic (exact) mass is 478 g/mol. The van der Waals surface area contributed by atoms with E-state index in [4.69, 9.17) is 9.47 Å². The predicted octanol–water partition coefficient (Wildman–Crippen LogP) is 2.18. The second-order valence-electron chi connectivity index (χ2n) is 11.9. The zero-order valence-corrected chi connectivity index (χ0v) is 20.7. The molecular weight excluding hydrogens is 432 g/mol. The molecule has 9 unspecified atom stereocenters. The van der Waals surface area contributed by atoms with Crippen molar-refractivity contribution in [3.8, 4) is 0 Å². The van der Waals surface area contributed by atoms with E-state index in [9.17, 15) is 15.0 Å². The third kappa shape index (κ3) is 5.87. The van der Waals surface area contributed by atoms with Gasteiger partial charge in [0.1, 0.15) is 0 Å². The largest absolute Gasteiger partial charge is 0.393 e. The van der Waals surface area contributed by atoms with Crippen molar-refractivity contribution in [3.05, 3.63) is 0 Å². The van der Waals surface area contributed by atoms with Crippen LogP contribution in [-0.2, 0) is 14.3 Å². The van der Waals surface area contributed by atoms with E-state index >= 15 is 0 Å². The quantitative estimate of drug-likeness (QED) is 0.445. The Kier molecular flexibility index (Phi) is 8.60. The van der Waals surface area contributed by atoms with E-state index in [-0.39, 0.29) is 24.3 Å². The molecule has 0 spiro atoms. The summed E-state index contributed by atoms with van der Waals surface area (Å²) in [5.74, 6) is 1.19. The van der Waals surface area contributed by atoms with Crippen LogP contribution in [0.2, 0.25) is 0 Å². The molecule has 0 amide bonds. The van der Waals surface area contributed by atoms with Crippen molar-refractivity contribution in [1.29, 1.82) is 0 Å². The molecule has 0 aromatic heterocycles. The minimum Gasteiger partial charge on any atom is -0.393 e. The summed E-state index contributed by atoms with van der Waals surface area (Å²) in [6, 6.07) is 0.644. The molecule has 5 aliphatic rings. The van der Waals surface area contributed by atoms with Gasteiger partial charge in [-0.15, -0.1) is 0 Å². The second kappa shape index (κ2) is 11.7. The lowest BCUT2D eigenvalue weighted by molar-refractivity contribution is -0.150. The zero-order chi connectivity index (χ0) is 23.5. The number of nitrogens with one attached hydrogen (secondary N) is 2. The fourth-order valence-corrected chi connectivity index (χ4v) is 7.58. The normalized spacial score (nSPS) is 44.0. The highest BCUT2D eigenvalue weighted by Gasteiger charge is 2.47. The van der Waals surface area contributed by atoms with Gasteiger partial charge in [-0.05, 0) is 62.8 Å². The van der Waals surface area contributed by atoms with Gasteiger partial charge in [0.2, 0.25) is 0 Å². The van der Waals surface area contributed by atoms with Crippen LogP contribution in [0.1, 0.15) is 77.0 Å². The van der Waals surface area contributed by atoms with Crippen molar-refractivity contribution in [1.82, 2.24) is 10.6 Å². The van der Waals surface area contributed by atoms with E-state index in [0.717, 1.165) is 32.6 Å². The Morgan fingerprint density at radius 2 is 1.85 bits per heavy atom. The van der Waals surface area contributed by atoms with Crippen LogP contribution in [0.15, 0.2) is 0 Å². The van der Waals surface area contributed by atoms with Gasteiger partial charge in [-0.25, -0.2) is 0 Å². The number of aliphatic hydroxyl groups is 2. The lowest BCUT2D eigenvalue weighted by Gasteiger charge is -2.46. The van der Waals surface area contributed by atoms with E-state index in [0.29, 0.717) is 42.9 Å². The third-order valence-corrected chi connectivity index (χ3v) is 9.50. The molecule has 0 aromatic carbocycles. The first-order valence-electron chi connectivity index (χ1n) is 14.2. The number of fused-ring (bicyclic) bond motifs is 1. The van der Waals surface area contributed by atoms with Crippen LogP contribution in [0.25, 0.3) is 0 Å². The number of carbonyl (C=O) groups is 1. The summed E-state index contributed by atoms with van der Waals surface area (Å²) in [7, 11) is 0. The van der Waals surface area contributed by atoms with Crippen molar-refractivity contribution in [2.45, 2.75) is 113 Å². The van der Waals surface area contributed by atoms with E-state index < -0.39 is 18.1 Å². The van der Waals surface area contributed by atoms with E-state index in [1.807, 2.05) is 0 Å². The number of Topliss-reactive ketones (excluding diaryl/α,β-unsaturated/α-hetero) is 1. The van der Waals surface area contributed by atoms with Crippen LogP contribution in [0.5, 0.6) is 0 Å². The van der Waals surface area contributed by atoms with Crippen molar-refractivity contribution >= 4 is 5.78 Å². The molecule has 3 saturated carbocycles. The Morgan fingerprint density at radius 1 is 1.00 bits per heavy atom. The molecule has 3 aliphatic carbocycles. The van der Waals surface area contributed by atoms with Crippen molar-refractivity contribution < 1.29 is 24.5 Å². The molecule has 4 N–H and O–H groups in total. The average molecular weight is 479 g/mol. The maximum Gasteiger partial charge on any atom is 0.158 e. The Balaban J connectivity index is 1.23. The number of aliphatic hydroxyl groups excluding tert-OH is 2. The Bertz CT molecular complexity index is 665. The van der Waals surface area contributed by atoms with Crippen LogP contribution < -0.4 is 10.6 Å². The molecule has 5 rings (SSSR count). The van der Waals surface area contributed by atoms with Gasteiger partial charge in [-0.2, -0.15) is 0 Å². The topological polar surface area (TPSA) is 100 Å². The highest BCUT2D eigenvalue weighted by molar-refractivity contribution is 5.87. The molecular formula is C27H46N2O5. The first-order valence-corrected chi connectivity index (χ1v) is 14.2. The van der Waals surface area contributed by atoms with Gasteiger partial charge in [0.05, 0.1) is 36.9 Å². The molecule has 2 saturated heterocycles. The molecule has 0 bridgehead atoms. The third-order valence-electron chi connectivity index (χ3n) is 9.50. The average Bonchev–Trinajstić information content (AvgIpc) is 3.36. The van der Waals surface area contributed by atoms with Gasteiger partial charge >= 0.3 is 0 Å². The van der Waals surface area contributed by atoms with Gasteiger partial charge < -0.3 is 30.3 Å². The van der Waals surface area contributed by atoms with Crippen LogP contribution >= 0.6 is 0 Å². The van der Waals surface area contributed by atoms with Crippen molar-refractivity contribution in [2.75, 3.05) is 26.4 Å². The SMILES string of the molecule is O=C(C1CC2C(CCCC2NC2CCOC2)CN1)C1C(O)CC(O)CC1OCC1CCCCC1. The number of carbonyl (C=O) groups excluding carboxylic acids is 1. The van der Waals surface area contributed by atoms with Gasteiger partial charge in [-0.3, -0.25) is 4.79 Å². The van der Waals surface area contributed by atoms with Crippen LogP contribution in [0, 0.1) is 23.7 Å². The molecule has 2 heterocycles. The fourth-order valence-electron chi connectivity index (χ4n) is 7.58. The summed E-state index contributed by atoms with van der Waals surface area (Å²) >= 11 is 0. The smallest absolute Gasteiger partial charge is 0.158 e. The van der Waals surface area contributed by atoms with Gasteiger partial charge in [0.15, 0.2) is 5.78 Å². The molecule has 7 heteroatoms. The molecule has 5 fully saturated rings. The fraction of sp³-hybridized carbons (Fsp3) is 0.963. The summed E-state index contributed by atoms with van der Waals surface area (Å²) < 4.78 is 11.9. The number of hydrogen-bond donors (Lipinski definition) is 4. The molecule has 194 valence electrons.